The Labute approximate surface area is 174 Å². The number of piperidine rings is 1. The first-order valence-corrected chi connectivity index (χ1v) is 9.99. The Balaban J connectivity index is 1.45. The largest absolute Gasteiger partial charge is 0.480 e. The molecule has 1 atom stereocenters. The number of amides is 1. The molecule has 0 radical (unpaired) electrons. The minimum absolute atomic E-state index is 0.0763. The minimum Gasteiger partial charge on any atom is -0.480 e. The van der Waals surface area contributed by atoms with Crippen molar-refractivity contribution in [3.8, 4) is 5.88 Å². The second kappa shape index (κ2) is 8.66. The Morgan fingerprint density at radius 3 is 2.90 bits per heavy atom. The summed E-state index contributed by atoms with van der Waals surface area (Å²) in [6.45, 7) is 1.27. The molecular weight excluding hydrogens is 390 g/mol. The molecule has 1 aliphatic heterocycles. The van der Waals surface area contributed by atoms with Gasteiger partial charge in [0, 0.05) is 30.7 Å². The molecule has 6 nitrogen and oxygen atoms in total. The summed E-state index contributed by atoms with van der Waals surface area (Å²) in [5.41, 5.74) is 1.59. The molecule has 0 N–H and O–H groups in total. The van der Waals surface area contributed by atoms with Gasteiger partial charge in [0.2, 0.25) is 5.88 Å². The van der Waals surface area contributed by atoms with Gasteiger partial charge in [-0.15, -0.1) is 0 Å². The van der Waals surface area contributed by atoms with Crippen molar-refractivity contribution in [2.24, 2.45) is 0 Å². The van der Waals surface area contributed by atoms with E-state index in [2.05, 4.69) is 9.97 Å². The molecule has 1 amide bonds. The van der Waals surface area contributed by atoms with Crippen molar-refractivity contribution in [2.75, 3.05) is 20.2 Å². The van der Waals surface area contributed by atoms with Gasteiger partial charge in [-0.25, -0.2) is 9.97 Å². The summed E-state index contributed by atoms with van der Waals surface area (Å²) in [4.78, 5) is 23.4. The van der Waals surface area contributed by atoms with Crippen molar-refractivity contribution in [2.45, 2.75) is 25.2 Å². The van der Waals surface area contributed by atoms with E-state index < -0.39 is 0 Å². The van der Waals surface area contributed by atoms with Crippen LogP contribution < -0.4 is 4.74 Å². The van der Waals surface area contributed by atoms with Gasteiger partial charge in [0.05, 0.1) is 19.2 Å². The highest BCUT2D eigenvalue weighted by atomic mass is 35.5. The molecule has 7 heteroatoms. The Morgan fingerprint density at radius 1 is 1.28 bits per heavy atom. The molecule has 1 fully saturated rings. The van der Waals surface area contributed by atoms with E-state index >= 15 is 0 Å². The number of hydrogen-bond acceptors (Lipinski definition) is 5. The van der Waals surface area contributed by atoms with Gasteiger partial charge in [0.1, 0.15) is 11.3 Å². The highest BCUT2D eigenvalue weighted by Crippen LogP contribution is 2.29. The van der Waals surface area contributed by atoms with E-state index in [9.17, 15) is 4.79 Å². The number of hydrogen-bond donors (Lipinski definition) is 0. The van der Waals surface area contributed by atoms with Crippen LogP contribution in [-0.4, -0.2) is 41.0 Å². The van der Waals surface area contributed by atoms with Crippen molar-refractivity contribution < 1.29 is 13.9 Å². The number of oxazole rings is 1. The molecule has 150 valence electrons. The van der Waals surface area contributed by atoms with Gasteiger partial charge >= 0.3 is 0 Å². The second-order valence-corrected chi connectivity index (χ2v) is 7.56. The number of ether oxygens (including phenoxy) is 1. The van der Waals surface area contributed by atoms with E-state index in [1.807, 2.05) is 29.2 Å². The summed E-state index contributed by atoms with van der Waals surface area (Å²) >= 11 is 5.94. The molecule has 1 unspecified atom stereocenters. The molecule has 3 aromatic rings. The Morgan fingerprint density at radius 2 is 2.10 bits per heavy atom. The number of methoxy groups -OCH3 is 1. The number of carbonyl (C=O) groups is 1. The molecule has 1 aliphatic rings. The topological polar surface area (TPSA) is 68.5 Å². The number of halogens is 1. The van der Waals surface area contributed by atoms with Gasteiger partial charge in [-0.1, -0.05) is 23.7 Å². The molecule has 0 spiro atoms. The summed E-state index contributed by atoms with van der Waals surface area (Å²) < 4.78 is 11.3. The van der Waals surface area contributed by atoms with Crippen LogP contribution >= 0.6 is 11.6 Å². The van der Waals surface area contributed by atoms with Crippen LogP contribution in [0, 0.1) is 0 Å². The summed E-state index contributed by atoms with van der Waals surface area (Å²) in [5, 5.41) is 0.712. The molecule has 0 bridgehead atoms. The van der Waals surface area contributed by atoms with Crippen molar-refractivity contribution in [1.82, 2.24) is 14.9 Å². The van der Waals surface area contributed by atoms with E-state index in [1.165, 1.54) is 7.11 Å². The summed E-state index contributed by atoms with van der Waals surface area (Å²) in [6.07, 6.45) is 5.88. The molecule has 3 heterocycles. The van der Waals surface area contributed by atoms with Crippen molar-refractivity contribution in [3.05, 3.63) is 76.6 Å². The molecular formula is C22H22ClN3O3. The van der Waals surface area contributed by atoms with E-state index in [0.717, 1.165) is 24.2 Å². The lowest BCUT2D eigenvalue weighted by molar-refractivity contribution is 0.0693. The van der Waals surface area contributed by atoms with Gasteiger partial charge in [-0.3, -0.25) is 4.79 Å². The van der Waals surface area contributed by atoms with Crippen LogP contribution in [0.5, 0.6) is 5.88 Å². The van der Waals surface area contributed by atoms with Crippen LogP contribution in [0.3, 0.4) is 0 Å². The predicted octanol–water partition coefficient (Wildman–Crippen LogP) is 4.34. The maximum Gasteiger partial charge on any atom is 0.259 e. The van der Waals surface area contributed by atoms with Gasteiger partial charge in [-0.05, 0) is 42.7 Å². The number of nitrogens with zero attached hydrogens (tertiary/aromatic N) is 3. The Hall–Kier alpha value is -2.86. The van der Waals surface area contributed by atoms with Crippen LogP contribution in [0.15, 0.2) is 53.2 Å². The first kappa shape index (κ1) is 19.5. The van der Waals surface area contributed by atoms with Crippen molar-refractivity contribution >= 4 is 17.5 Å². The number of rotatable bonds is 5. The Kier molecular flexibility index (Phi) is 5.81. The van der Waals surface area contributed by atoms with Gasteiger partial charge in [0.25, 0.3) is 5.91 Å². The van der Waals surface area contributed by atoms with Crippen molar-refractivity contribution in [3.63, 3.8) is 0 Å². The average molecular weight is 412 g/mol. The van der Waals surface area contributed by atoms with E-state index in [-0.39, 0.29) is 11.8 Å². The zero-order chi connectivity index (χ0) is 20.2. The lowest BCUT2D eigenvalue weighted by atomic mass is 9.97. The first-order valence-electron chi connectivity index (χ1n) is 9.61. The molecule has 0 saturated carbocycles. The monoisotopic (exact) mass is 411 g/mol. The molecule has 4 rings (SSSR count). The predicted molar refractivity (Wildman–Crippen MR) is 109 cm³/mol. The zero-order valence-electron chi connectivity index (χ0n) is 16.2. The summed E-state index contributed by atoms with van der Waals surface area (Å²) in [5.74, 6) is 1.84. The number of carbonyl (C=O) groups excluding carboxylic acids is 1. The van der Waals surface area contributed by atoms with Gasteiger partial charge in [-0.2, -0.15) is 0 Å². The number of benzene rings is 1. The fourth-order valence-corrected chi connectivity index (χ4v) is 3.77. The lowest BCUT2D eigenvalue weighted by Crippen LogP contribution is -2.39. The third-order valence-electron chi connectivity index (χ3n) is 5.12. The third-order valence-corrected chi connectivity index (χ3v) is 5.37. The number of likely N-dealkylation sites (tertiary alicyclic amines) is 1. The standard InChI is InChI=1S/C22H22ClN3O3/c1-28-21-19(5-2-10-24-21)22(27)26-11-3-4-16(14-26)20-25-13-18(29-20)12-15-6-8-17(23)9-7-15/h2,5-10,13,16H,3-4,11-12,14H2,1H3. The average Bonchev–Trinajstić information content (AvgIpc) is 3.23. The maximum atomic E-state index is 13.0. The normalized spacial score (nSPS) is 16.6. The SMILES string of the molecule is COc1ncccc1C(=O)N1CCCC(c2ncc(Cc3ccc(Cl)cc3)o2)C1. The van der Waals surface area contributed by atoms with E-state index in [0.29, 0.717) is 41.9 Å². The van der Waals surface area contributed by atoms with Gasteiger partial charge in [0.15, 0.2) is 5.89 Å². The number of pyridine rings is 1. The fraction of sp³-hybridized carbons (Fsp3) is 0.318. The Bertz CT molecular complexity index is 987. The molecule has 1 saturated heterocycles. The summed E-state index contributed by atoms with van der Waals surface area (Å²) in [6, 6.07) is 11.2. The highest BCUT2D eigenvalue weighted by molar-refractivity contribution is 6.30. The molecule has 0 aliphatic carbocycles. The van der Waals surface area contributed by atoms with E-state index in [4.69, 9.17) is 20.8 Å². The first-order chi connectivity index (χ1) is 14.1. The van der Waals surface area contributed by atoms with Crippen molar-refractivity contribution in [1.29, 1.82) is 0 Å². The summed E-state index contributed by atoms with van der Waals surface area (Å²) in [7, 11) is 1.52. The number of aromatic nitrogens is 2. The van der Waals surface area contributed by atoms with Crippen LogP contribution in [0.2, 0.25) is 5.02 Å². The molecule has 29 heavy (non-hydrogen) atoms. The van der Waals surface area contributed by atoms with E-state index in [1.54, 1.807) is 24.5 Å². The molecule has 2 aromatic heterocycles. The maximum absolute atomic E-state index is 13.0. The van der Waals surface area contributed by atoms with Crippen LogP contribution in [0.4, 0.5) is 0 Å². The quantitative estimate of drug-likeness (QED) is 0.624. The minimum atomic E-state index is -0.0763. The van der Waals surface area contributed by atoms with Crippen LogP contribution in [0.25, 0.3) is 0 Å². The van der Waals surface area contributed by atoms with Crippen LogP contribution in [0.1, 0.15) is 46.3 Å². The fourth-order valence-electron chi connectivity index (χ4n) is 3.65. The third kappa shape index (κ3) is 4.43. The smallest absolute Gasteiger partial charge is 0.259 e. The molecule has 1 aromatic carbocycles. The second-order valence-electron chi connectivity index (χ2n) is 7.12. The highest BCUT2D eigenvalue weighted by Gasteiger charge is 2.29. The zero-order valence-corrected chi connectivity index (χ0v) is 16.9. The lowest BCUT2D eigenvalue weighted by Gasteiger charge is -2.31. The van der Waals surface area contributed by atoms with Gasteiger partial charge < -0.3 is 14.1 Å². The van der Waals surface area contributed by atoms with Crippen LogP contribution in [-0.2, 0) is 6.42 Å².